The predicted octanol–water partition coefficient (Wildman–Crippen LogP) is 2.54. The van der Waals surface area contributed by atoms with Crippen LogP contribution in [0.2, 0.25) is 0 Å². The third-order valence-corrected chi connectivity index (χ3v) is 3.12. The minimum absolute atomic E-state index is 0.733. The van der Waals surface area contributed by atoms with Crippen LogP contribution >= 0.6 is 0 Å². The molecule has 0 spiro atoms. The van der Waals surface area contributed by atoms with Crippen LogP contribution in [0.25, 0.3) is 0 Å². The molecule has 0 saturated carbocycles. The molecule has 3 atom stereocenters. The van der Waals surface area contributed by atoms with E-state index in [1.165, 1.54) is 6.42 Å². The molecule has 0 N–H and O–H groups in total. The lowest BCUT2D eigenvalue weighted by atomic mass is 9.80. The van der Waals surface area contributed by atoms with Gasteiger partial charge in [0.15, 0.2) is 0 Å². The molecule has 0 aromatic carbocycles. The normalized spacial score (nSPS) is 36.8. The molecule has 0 radical (unpaired) electrons. The van der Waals surface area contributed by atoms with E-state index in [2.05, 4.69) is 45.8 Å². The fourth-order valence-electron chi connectivity index (χ4n) is 2.22. The maximum Gasteiger partial charge on any atom is 0.0157 e. The van der Waals surface area contributed by atoms with E-state index in [0.29, 0.717) is 0 Å². The van der Waals surface area contributed by atoms with Gasteiger partial charge in [-0.05, 0) is 39.3 Å². The summed E-state index contributed by atoms with van der Waals surface area (Å²) in [6.07, 6.45) is 3.73. The number of rotatable bonds is 1. The topological polar surface area (TPSA) is 3.24 Å². The van der Waals surface area contributed by atoms with Gasteiger partial charge in [-0.25, -0.2) is 0 Å². The predicted molar refractivity (Wildman–Crippen MR) is 54.2 cm³/mol. The van der Waals surface area contributed by atoms with Crippen LogP contribution in [-0.4, -0.2) is 25.0 Å². The first kappa shape index (κ1) is 9.79. The van der Waals surface area contributed by atoms with Crippen molar-refractivity contribution in [2.24, 2.45) is 11.8 Å². The quantitative estimate of drug-likeness (QED) is 0.542. The average Bonchev–Trinajstić information content (AvgIpc) is 1.96. The molecule has 1 aliphatic carbocycles. The lowest BCUT2D eigenvalue weighted by molar-refractivity contribution is 0.201. The van der Waals surface area contributed by atoms with Crippen LogP contribution in [0.1, 0.15) is 27.2 Å². The summed E-state index contributed by atoms with van der Waals surface area (Å²) in [7, 11) is 4.37. The summed E-state index contributed by atoms with van der Waals surface area (Å²) >= 11 is 0. The molecule has 70 valence electrons. The van der Waals surface area contributed by atoms with Gasteiger partial charge in [0, 0.05) is 6.04 Å². The fourth-order valence-corrected chi connectivity index (χ4v) is 2.22. The minimum atomic E-state index is 0.733. The number of allylic oxidation sites excluding steroid dienone is 1. The minimum Gasteiger partial charge on any atom is -0.306 e. The first-order valence-electron chi connectivity index (χ1n) is 4.87. The Morgan fingerprint density at radius 3 is 2.42 bits per heavy atom. The second-order valence-corrected chi connectivity index (χ2v) is 4.44. The summed E-state index contributed by atoms with van der Waals surface area (Å²) in [6, 6.07) is 0.741. The molecule has 1 aliphatic rings. The van der Waals surface area contributed by atoms with Gasteiger partial charge < -0.3 is 4.90 Å². The monoisotopic (exact) mass is 167 g/mol. The summed E-state index contributed by atoms with van der Waals surface area (Å²) in [5.74, 6) is 1.49. The second kappa shape index (κ2) is 3.61. The Hall–Kier alpha value is -0.300. The molecule has 1 rings (SSSR count). The molecule has 0 amide bonds. The molecule has 0 heterocycles. The van der Waals surface area contributed by atoms with Crippen LogP contribution in [-0.2, 0) is 0 Å². The lowest BCUT2D eigenvalue weighted by Gasteiger charge is -2.36. The third kappa shape index (κ3) is 1.89. The van der Waals surface area contributed by atoms with Gasteiger partial charge in [-0.1, -0.05) is 25.5 Å². The van der Waals surface area contributed by atoms with Gasteiger partial charge in [-0.3, -0.25) is 0 Å². The second-order valence-electron chi connectivity index (χ2n) is 4.44. The summed E-state index contributed by atoms with van der Waals surface area (Å²) in [5.41, 5.74) is 1.56. The van der Waals surface area contributed by atoms with Crippen molar-refractivity contribution in [2.75, 3.05) is 14.1 Å². The molecular formula is C11H21N. The van der Waals surface area contributed by atoms with Crippen LogP contribution in [0.15, 0.2) is 11.6 Å². The molecule has 0 aromatic heterocycles. The summed E-state index contributed by atoms with van der Waals surface area (Å²) in [5, 5.41) is 0. The van der Waals surface area contributed by atoms with Crippen molar-refractivity contribution in [2.45, 2.75) is 33.2 Å². The smallest absolute Gasteiger partial charge is 0.0157 e. The van der Waals surface area contributed by atoms with Crippen molar-refractivity contribution < 1.29 is 0 Å². The molecular weight excluding hydrogens is 146 g/mol. The van der Waals surface area contributed by atoms with Gasteiger partial charge in [0.2, 0.25) is 0 Å². The zero-order valence-corrected chi connectivity index (χ0v) is 8.96. The zero-order valence-electron chi connectivity index (χ0n) is 8.96. The molecule has 0 aromatic rings. The summed E-state index contributed by atoms with van der Waals surface area (Å²) < 4.78 is 0. The van der Waals surface area contributed by atoms with Gasteiger partial charge in [0.1, 0.15) is 0 Å². The molecule has 0 saturated heterocycles. The SMILES string of the molecule is CC1=CC(C)CC(N(C)C)C1C. The van der Waals surface area contributed by atoms with Crippen LogP contribution in [0.4, 0.5) is 0 Å². The van der Waals surface area contributed by atoms with E-state index in [4.69, 9.17) is 0 Å². The first-order chi connectivity index (χ1) is 5.52. The van der Waals surface area contributed by atoms with E-state index < -0.39 is 0 Å². The molecule has 1 heteroatoms. The van der Waals surface area contributed by atoms with E-state index in [-0.39, 0.29) is 0 Å². The van der Waals surface area contributed by atoms with Crippen molar-refractivity contribution in [1.82, 2.24) is 4.90 Å². The molecule has 0 bridgehead atoms. The maximum absolute atomic E-state index is 2.42. The summed E-state index contributed by atoms with van der Waals surface area (Å²) in [4.78, 5) is 2.36. The van der Waals surface area contributed by atoms with Crippen molar-refractivity contribution in [3.05, 3.63) is 11.6 Å². The number of hydrogen-bond acceptors (Lipinski definition) is 1. The number of nitrogens with zero attached hydrogens (tertiary/aromatic N) is 1. The van der Waals surface area contributed by atoms with Crippen LogP contribution in [0.5, 0.6) is 0 Å². The van der Waals surface area contributed by atoms with E-state index in [0.717, 1.165) is 17.9 Å². The zero-order chi connectivity index (χ0) is 9.30. The standard InChI is InChI=1S/C11H21N/c1-8-6-9(2)10(3)11(7-8)12(4)5/h6,8,10-11H,7H2,1-5H3. The number of hydrogen-bond donors (Lipinski definition) is 0. The highest BCUT2D eigenvalue weighted by Gasteiger charge is 2.26. The Morgan fingerprint density at radius 2 is 1.92 bits per heavy atom. The Morgan fingerprint density at radius 1 is 1.33 bits per heavy atom. The lowest BCUT2D eigenvalue weighted by Crippen LogP contribution is -2.38. The molecule has 1 nitrogen and oxygen atoms in total. The average molecular weight is 167 g/mol. The highest BCUT2D eigenvalue weighted by atomic mass is 15.1. The van der Waals surface area contributed by atoms with Crippen LogP contribution < -0.4 is 0 Å². The van der Waals surface area contributed by atoms with E-state index >= 15 is 0 Å². The molecule has 0 aliphatic heterocycles. The van der Waals surface area contributed by atoms with Gasteiger partial charge in [-0.15, -0.1) is 0 Å². The van der Waals surface area contributed by atoms with E-state index in [1.54, 1.807) is 5.57 Å². The molecule has 0 fully saturated rings. The summed E-state index contributed by atoms with van der Waals surface area (Å²) in [6.45, 7) is 6.91. The van der Waals surface area contributed by atoms with Gasteiger partial charge >= 0.3 is 0 Å². The first-order valence-corrected chi connectivity index (χ1v) is 4.87. The van der Waals surface area contributed by atoms with Gasteiger partial charge in [-0.2, -0.15) is 0 Å². The van der Waals surface area contributed by atoms with Gasteiger partial charge in [0.05, 0.1) is 0 Å². The fraction of sp³-hybridized carbons (Fsp3) is 0.818. The third-order valence-electron chi connectivity index (χ3n) is 3.12. The van der Waals surface area contributed by atoms with Crippen LogP contribution in [0.3, 0.4) is 0 Å². The highest BCUT2D eigenvalue weighted by molar-refractivity contribution is 5.12. The molecule has 12 heavy (non-hydrogen) atoms. The Kier molecular flexibility index (Phi) is 2.94. The van der Waals surface area contributed by atoms with Crippen molar-refractivity contribution in [1.29, 1.82) is 0 Å². The molecule has 3 unspecified atom stereocenters. The Bertz CT molecular complexity index is 181. The Balaban J connectivity index is 2.74. The highest BCUT2D eigenvalue weighted by Crippen LogP contribution is 2.30. The Labute approximate surface area is 76.5 Å². The van der Waals surface area contributed by atoms with Crippen molar-refractivity contribution in [3.8, 4) is 0 Å². The van der Waals surface area contributed by atoms with E-state index in [1.807, 2.05) is 0 Å². The van der Waals surface area contributed by atoms with Gasteiger partial charge in [0.25, 0.3) is 0 Å². The van der Waals surface area contributed by atoms with Crippen molar-refractivity contribution in [3.63, 3.8) is 0 Å². The largest absolute Gasteiger partial charge is 0.306 e. The maximum atomic E-state index is 2.42. The van der Waals surface area contributed by atoms with E-state index in [9.17, 15) is 0 Å². The van der Waals surface area contributed by atoms with Crippen molar-refractivity contribution >= 4 is 0 Å². The van der Waals surface area contributed by atoms with Crippen LogP contribution in [0, 0.1) is 11.8 Å².